The Balaban J connectivity index is 1.55. The van der Waals surface area contributed by atoms with Crippen LogP contribution >= 0.6 is 0 Å². The third-order valence-electron chi connectivity index (χ3n) is 4.61. The number of carbonyl (C=O) groups is 1. The molecule has 1 aliphatic heterocycles. The normalized spacial score (nSPS) is 16.5. The summed E-state index contributed by atoms with van der Waals surface area (Å²) in [6.45, 7) is 6.85. The highest BCUT2D eigenvalue weighted by molar-refractivity contribution is 5.81. The smallest absolute Gasteiger partial charge is 0.261 e. The van der Waals surface area contributed by atoms with Crippen molar-refractivity contribution in [3.63, 3.8) is 0 Å². The molecule has 1 aliphatic rings. The highest BCUT2D eigenvalue weighted by Gasteiger charge is 2.18. The monoisotopic (exact) mass is 372 g/mol. The number of ether oxygens (including phenoxy) is 2. The largest absolute Gasteiger partial charge is 0.481 e. The van der Waals surface area contributed by atoms with E-state index in [1.807, 2.05) is 19.1 Å². The summed E-state index contributed by atoms with van der Waals surface area (Å²) in [6, 6.07) is 13.8. The van der Waals surface area contributed by atoms with Crippen LogP contribution in [0.15, 0.2) is 48.5 Å². The van der Waals surface area contributed by atoms with Gasteiger partial charge >= 0.3 is 0 Å². The molecule has 0 aromatic heterocycles. The number of halogens is 1. The molecule has 1 fully saturated rings. The topological polar surface area (TPSA) is 50.8 Å². The van der Waals surface area contributed by atoms with E-state index in [4.69, 9.17) is 9.47 Å². The van der Waals surface area contributed by atoms with Gasteiger partial charge in [-0.2, -0.15) is 0 Å². The van der Waals surface area contributed by atoms with Crippen molar-refractivity contribution in [1.82, 2.24) is 5.32 Å². The Labute approximate surface area is 159 Å². The number of anilines is 1. The van der Waals surface area contributed by atoms with Crippen LogP contribution in [0.25, 0.3) is 0 Å². The molecule has 2 unspecified atom stereocenters. The molecule has 2 aromatic carbocycles. The number of nitrogens with zero attached hydrogens (tertiary/aromatic N) is 1. The zero-order valence-electron chi connectivity index (χ0n) is 15.7. The van der Waals surface area contributed by atoms with E-state index in [-0.39, 0.29) is 11.9 Å². The summed E-state index contributed by atoms with van der Waals surface area (Å²) < 4.78 is 24.1. The van der Waals surface area contributed by atoms with Gasteiger partial charge in [0.2, 0.25) is 0 Å². The van der Waals surface area contributed by atoms with E-state index in [9.17, 15) is 9.18 Å². The van der Waals surface area contributed by atoms with Gasteiger partial charge in [0.05, 0.1) is 19.3 Å². The van der Waals surface area contributed by atoms with Gasteiger partial charge in [-0.05, 0) is 43.7 Å². The Morgan fingerprint density at radius 3 is 2.52 bits per heavy atom. The van der Waals surface area contributed by atoms with Crippen LogP contribution in [0.4, 0.5) is 10.1 Å². The van der Waals surface area contributed by atoms with Crippen molar-refractivity contribution >= 4 is 11.6 Å². The van der Waals surface area contributed by atoms with E-state index in [1.165, 1.54) is 12.1 Å². The van der Waals surface area contributed by atoms with Crippen LogP contribution in [0.1, 0.15) is 25.5 Å². The minimum atomic E-state index is -0.720. The molecule has 0 spiro atoms. The third kappa shape index (κ3) is 5.20. The van der Waals surface area contributed by atoms with Crippen LogP contribution in [0.5, 0.6) is 5.75 Å². The maximum absolute atomic E-state index is 13.2. The fourth-order valence-electron chi connectivity index (χ4n) is 3.01. The van der Waals surface area contributed by atoms with E-state index >= 15 is 0 Å². The molecule has 1 saturated heterocycles. The highest BCUT2D eigenvalue weighted by Crippen LogP contribution is 2.20. The summed E-state index contributed by atoms with van der Waals surface area (Å²) >= 11 is 0. The summed E-state index contributed by atoms with van der Waals surface area (Å²) in [7, 11) is 0. The SMILES string of the molecule is CC(Oc1cccc(F)c1)C(=O)NC(C)c1ccc(N2CCOCC2)cc1. The second-order valence-corrected chi connectivity index (χ2v) is 6.64. The molecule has 1 N–H and O–H groups in total. The number of carbonyl (C=O) groups excluding carboxylic acids is 1. The molecule has 2 aromatic rings. The summed E-state index contributed by atoms with van der Waals surface area (Å²) in [5, 5.41) is 2.94. The zero-order chi connectivity index (χ0) is 19.2. The van der Waals surface area contributed by atoms with Crippen LogP contribution < -0.4 is 15.0 Å². The van der Waals surface area contributed by atoms with Crippen LogP contribution in [-0.4, -0.2) is 38.3 Å². The van der Waals surface area contributed by atoms with Crippen molar-refractivity contribution < 1.29 is 18.7 Å². The number of hydrogen-bond acceptors (Lipinski definition) is 4. The highest BCUT2D eigenvalue weighted by atomic mass is 19.1. The molecule has 2 atom stereocenters. The Kier molecular flexibility index (Phi) is 6.29. The predicted octanol–water partition coefficient (Wildman–Crippen LogP) is 3.31. The van der Waals surface area contributed by atoms with Gasteiger partial charge in [0.25, 0.3) is 5.91 Å². The lowest BCUT2D eigenvalue weighted by Gasteiger charge is -2.29. The fourth-order valence-corrected chi connectivity index (χ4v) is 3.01. The van der Waals surface area contributed by atoms with Gasteiger partial charge in [-0.1, -0.05) is 18.2 Å². The van der Waals surface area contributed by atoms with Crippen molar-refractivity contribution in [3.05, 3.63) is 59.9 Å². The standard InChI is InChI=1S/C21H25FN2O3/c1-15(17-6-8-19(9-7-17)24-10-12-26-13-11-24)23-21(25)16(2)27-20-5-3-4-18(22)14-20/h3-9,14-16H,10-13H2,1-2H3,(H,23,25). The Morgan fingerprint density at radius 1 is 1.15 bits per heavy atom. The first kappa shape index (κ1) is 19.2. The summed E-state index contributed by atoms with van der Waals surface area (Å²) in [6.07, 6.45) is -0.720. The second-order valence-electron chi connectivity index (χ2n) is 6.64. The molecular weight excluding hydrogens is 347 g/mol. The van der Waals surface area contributed by atoms with Gasteiger partial charge in [0.1, 0.15) is 11.6 Å². The van der Waals surface area contributed by atoms with E-state index in [1.54, 1.807) is 19.1 Å². The molecule has 0 saturated carbocycles. The number of benzene rings is 2. The van der Waals surface area contributed by atoms with Gasteiger partial charge in [-0.3, -0.25) is 4.79 Å². The Morgan fingerprint density at radius 2 is 1.85 bits per heavy atom. The molecule has 144 valence electrons. The first-order valence-electron chi connectivity index (χ1n) is 9.18. The van der Waals surface area contributed by atoms with Crippen molar-refractivity contribution in [2.45, 2.75) is 26.0 Å². The van der Waals surface area contributed by atoms with Crippen molar-refractivity contribution in [2.24, 2.45) is 0 Å². The van der Waals surface area contributed by atoms with E-state index in [0.717, 1.165) is 37.6 Å². The average Bonchev–Trinajstić information content (AvgIpc) is 2.68. The van der Waals surface area contributed by atoms with Gasteiger partial charge in [-0.15, -0.1) is 0 Å². The number of morpholine rings is 1. The van der Waals surface area contributed by atoms with Crippen molar-refractivity contribution in [2.75, 3.05) is 31.2 Å². The molecule has 1 heterocycles. The average molecular weight is 372 g/mol. The summed E-state index contributed by atoms with van der Waals surface area (Å²) in [4.78, 5) is 14.7. The Hall–Kier alpha value is -2.60. The first-order chi connectivity index (χ1) is 13.0. The fraction of sp³-hybridized carbons (Fsp3) is 0.381. The summed E-state index contributed by atoms with van der Waals surface area (Å²) in [5.74, 6) is -0.307. The maximum atomic E-state index is 13.2. The lowest BCUT2D eigenvalue weighted by molar-refractivity contribution is -0.127. The molecule has 1 amide bonds. The van der Waals surface area contributed by atoms with Crippen molar-refractivity contribution in [3.8, 4) is 5.75 Å². The molecule has 0 bridgehead atoms. The molecule has 6 heteroatoms. The van der Waals surface area contributed by atoms with Crippen LogP contribution in [-0.2, 0) is 9.53 Å². The maximum Gasteiger partial charge on any atom is 0.261 e. The van der Waals surface area contributed by atoms with Gasteiger partial charge in [0, 0.05) is 24.8 Å². The minimum Gasteiger partial charge on any atom is -0.481 e. The van der Waals surface area contributed by atoms with Gasteiger partial charge in [0.15, 0.2) is 6.10 Å². The molecule has 0 radical (unpaired) electrons. The van der Waals surface area contributed by atoms with E-state index < -0.39 is 11.9 Å². The van der Waals surface area contributed by atoms with Crippen LogP contribution in [0.2, 0.25) is 0 Å². The van der Waals surface area contributed by atoms with Gasteiger partial charge in [-0.25, -0.2) is 4.39 Å². The Bertz CT molecular complexity index is 760. The summed E-state index contributed by atoms with van der Waals surface area (Å²) in [5.41, 5.74) is 2.17. The lowest BCUT2D eigenvalue weighted by atomic mass is 10.1. The third-order valence-corrected chi connectivity index (χ3v) is 4.61. The molecule has 27 heavy (non-hydrogen) atoms. The lowest BCUT2D eigenvalue weighted by Crippen LogP contribution is -2.38. The first-order valence-corrected chi connectivity index (χ1v) is 9.18. The van der Waals surface area contributed by atoms with E-state index in [2.05, 4.69) is 22.3 Å². The molecule has 3 rings (SSSR count). The second kappa shape index (κ2) is 8.86. The van der Waals surface area contributed by atoms with Crippen LogP contribution in [0, 0.1) is 5.82 Å². The number of amides is 1. The molecule has 5 nitrogen and oxygen atoms in total. The minimum absolute atomic E-state index is 0.158. The zero-order valence-corrected chi connectivity index (χ0v) is 15.7. The molecule has 0 aliphatic carbocycles. The number of nitrogens with one attached hydrogen (secondary N) is 1. The predicted molar refractivity (Wildman–Crippen MR) is 103 cm³/mol. The van der Waals surface area contributed by atoms with Crippen LogP contribution in [0.3, 0.4) is 0 Å². The van der Waals surface area contributed by atoms with E-state index in [0.29, 0.717) is 5.75 Å². The van der Waals surface area contributed by atoms with Gasteiger partial charge < -0.3 is 19.7 Å². The number of hydrogen-bond donors (Lipinski definition) is 1. The quantitative estimate of drug-likeness (QED) is 0.845. The number of rotatable bonds is 6. The van der Waals surface area contributed by atoms with Crippen molar-refractivity contribution in [1.29, 1.82) is 0 Å². The molecular formula is C21H25FN2O3.